The van der Waals surface area contributed by atoms with Crippen molar-refractivity contribution >= 4 is 23.5 Å². The minimum atomic E-state index is 0.0954. The molecule has 0 spiro atoms. The molecule has 2 saturated heterocycles. The van der Waals surface area contributed by atoms with Crippen LogP contribution in [0.4, 0.5) is 5.82 Å². The van der Waals surface area contributed by atoms with Crippen molar-refractivity contribution in [1.82, 2.24) is 19.7 Å². The second-order valence-corrected chi connectivity index (χ2v) is 8.25. The van der Waals surface area contributed by atoms with Crippen molar-refractivity contribution in [2.24, 2.45) is 5.92 Å². The molecule has 0 aliphatic carbocycles. The fourth-order valence-corrected chi connectivity index (χ4v) is 4.79. The van der Waals surface area contributed by atoms with Crippen molar-refractivity contribution in [2.45, 2.75) is 31.8 Å². The minimum absolute atomic E-state index is 0.0954. The van der Waals surface area contributed by atoms with Crippen LogP contribution in [-0.2, 0) is 6.54 Å². The monoisotopic (exact) mass is 371 g/mol. The summed E-state index contributed by atoms with van der Waals surface area (Å²) in [7, 11) is 0. The number of thioether (sulfide) groups is 1. The summed E-state index contributed by atoms with van der Waals surface area (Å²) in [6.07, 6.45) is 8.76. The number of carbonyl (C=O) groups excluding carboxylic acids is 1. The molecule has 4 heterocycles. The number of piperidine rings is 1. The molecule has 4 rings (SSSR count). The number of rotatable bonds is 5. The standard InChI is InChI=1S/C19H25N5OS/c25-19(16-2-3-18(20-12-16)22-17-6-11-26-14-17)23-9-4-15(5-10-23)13-24-8-1-7-21-24/h1-3,7-8,12,15,17H,4-6,9-11,13-14H2,(H,20,22). The zero-order valence-electron chi connectivity index (χ0n) is 14.9. The Hall–Kier alpha value is -2.02. The summed E-state index contributed by atoms with van der Waals surface area (Å²) in [6, 6.07) is 6.29. The van der Waals surface area contributed by atoms with E-state index in [0.29, 0.717) is 17.5 Å². The Labute approximate surface area is 158 Å². The number of anilines is 1. The highest BCUT2D eigenvalue weighted by molar-refractivity contribution is 7.99. The van der Waals surface area contributed by atoms with Crippen LogP contribution in [0, 0.1) is 5.92 Å². The fourth-order valence-electron chi connectivity index (χ4n) is 3.64. The van der Waals surface area contributed by atoms with E-state index < -0.39 is 0 Å². The highest BCUT2D eigenvalue weighted by Gasteiger charge is 2.24. The van der Waals surface area contributed by atoms with Gasteiger partial charge in [0.15, 0.2) is 0 Å². The van der Waals surface area contributed by atoms with Gasteiger partial charge in [0.2, 0.25) is 0 Å². The Balaban J connectivity index is 1.29. The summed E-state index contributed by atoms with van der Waals surface area (Å²) < 4.78 is 1.99. The third kappa shape index (κ3) is 4.20. The largest absolute Gasteiger partial charge is 0.366 e. The van der Waals surface area contributed by atoms with Gasteiger partial charge in [-0.1, -0.05) is 0 Å². The molecule has 0 aromatic carbocycles. The second kappa shape index (κ2) is 8.12. The Kier molecular flexibility index (Phi) is 5.43. The Bertz CT molecular complexity index is 704. The van der Waals surface area contributed by atoms with Crippen LogP contribution in [0.5, 0.6) is 0 Å². The van der Waals surface area contributed by atoms with E-state index in [-0.39, 0.29) is 5.91 Å². The molecule has 2 fully saturated rings. The lowest BCUT2D eigenvalue weighted by molar-refractivity contribution is 0.0681. The van der Waals surface area contributed by atoms with E-state index >= 15 is 0 Å². The molecule has 1 amide bonds. The summed E-state index contributed by atoms with van der Waals surface area (Å²) in [6.45, 7) is 2.56. The van der Waals surface area contributed by atoms with Crippen LogP contribution in [0.25, 0.3) is 0 Å². The highest BCUT2D eigenvalue weighted by atomic mass is 32.2. The number of aromatic nitrogens is 3. The van der Waals surface area contributed by atoms with Crippen LogP contribution in [0.1, 0.15) is 29.6 Å². The van der Waals surface area contributed by atoms with Gasteiger partial charge < -0.3 is 10.2 Å². The smallest absolute Gasteiger partial charge is 0.255 e. The molecule has 0 bridgehead atoms. The van der Waals surface area contributed by atoms with Crippen molar-refractivity contribution in [2.75, 3.05) is 29.9 Å². The number of hydrogen-bond donors (Lipinski definition) is 1. The number of likely N-dealkylation sites (tertiary alicyclic amines) is 1. The number of carbonyl (C=O) groups is 1. The summed E-state index contributed by atoms with van der Waals surface area (Å²) in [4.78, 5) is 19.1. The van der Waals surface area contributed by atoms with E-state index in [4.69, 9.17) is 0 Å². The molecule has 0 radical (unpaired) electrons. The first-order valence-electron chi connectivity index (χ1n) is 9.35. The number of hydrogen-bond acceptors (Lipinski definition) is 5. The normalized spacial score (nSPS) is 21.1. The molecule has 2 aromatic heterocycles. The zero-order valence-corrected chi connectivity index (χ0v) is 15.7. The third-order valence-corrected chi connectivity index (χ3v) is 6.36. The summed E-state index contributed by atoms with van der Waals surface area (Å²) in [5.74, 6) is 3.90. The van der Waals surface area contributed by atoms with Gasteiger partial charge in [-0.3, -0.25) is 9.48 Å². The number of amides is 1. The Morgan fingerprint density at radius 1 is 1.27 bits per heavy atom. The zero-order chi connectivity index (χ0) is 17.8. The first-order valence-corrected chi connectivity index (χ1v) is 10.5. The van der Waals surface area contributed by atoms with E-state index in [1.165, 1.54) is 12.2 Å². The van der Waals surface area contributed by atoms with Crippen molar-refractivity contribution in [3.05, 3.63) is 42.4 Å². The van der Waals surface area contributed by atoms with Crippen LogP contribution < -0.4 is 5.32 Å². The maximum atomic E-state index is 12.7. The van der Waals surface area contributed by atoms with Gasteiger partial charge in [-0.25, -0.2) is 4.98 Å². The molecular weight excluding hydrogens is 346 g/mol. The number of nitrogens with zero attached hydrogens (tertiary/aromatic N) is 4. The van der Waals surface area contributed by atoms with Crippen molar-refractivity contribution in [3.63, 3.8) is 0 Å². The van der Waals surface area contributed by atoms with Crippen LogP contribution in [0.3, 0.4) is 0 Å². The molecular formula is C19H25N5OS. The molecule has 1 atom stereocenters. The van der Waals surface area contributed by atoms with Crippen molar-refractivity contribution in [1.29, 1.82) is 0 Å². The molecule has 1 unspecified atom stereocenters. The number of nitrogens with one attached hydrogen (secondary N) is 1. The van der Waals surface area contributed by atoms with Gasteiger partial charge in [0.1, 0.15) is 5.82 Å². The molecule has 2 aromatic rings. The van der Waals surface area contributed by atoms with Crippen LogP contribution >= 0.6 is 11.8 Å². The lowest BCUT2D eigenvalue weighted by atomic mass is 9.96. The maximum Gasteiger partial charge on any atom is 0.255 e. The third-order valence-electron chi connectivity index (χ3n) is 5.20. The summed E-state index contributed by atoms with van der Waals surface area (Å²) >= 11 is 1.97. The van der Waals surface area contributed by atoms with Gasteiger partial charge in [0.05, 0.1) is 5.56 Å². The van der Waals surface area contributed by atoms with Gasteiger partial charge in [-0.05, 0) is 49.1 Å². The van der Waals surface area contributed by atoms with Gasteiger partial charge in [0, 0.05) is 50.0 Å². The molecule has 26 heavy (non-hydrogen) atoms. The number of pyridine rings is 1. The first-order chi connectivity index (χ1) is 12.8. The molecule has 2 aliphatic heterocycles. The van der Waals surface area contributed by atoms with Crippen LogP contribution in [0.2, 0.25) is 0 Å². The molecule has 0 saturated carbocycles. The quantitative estimate of drug-likeness (QED) is 0.876. The SMILES string of the molecule is O=C(c1ccc(NC2CCSC2)nc1)N1CCC(Cn2cccn2)CC1. The van der Waals surface area contributed by atoms with Crippen molar-refractivity contribution in [3.8, 4) is 0 Å². The lowest BCUT2D eigenvalue weighted by Crippen LogP contribution is -2.39. The second-order valence-electron chi connectivity index (χ2n) is 7.10. The van der Waals surface area contributed by atoms with E-state index in [1.54, 1.807) is 6.20 Å². The lowest BCUT2D eigenvalue weighted by Gasteiger charge is -2.32. The molecule has 6 nitrogen and oxygen atoms in total. The van der Waals surface area contributed by atoms with E-state index in [0.717, 1.165) is 44.0 Å². The highest BCUT2D eigenvalue weighted by Crippen LogP contribution is 2.22. The van der Waals surface area contributed by atoms with E-state index in [2.05, 4.69) is 15.4 Å². The Morgan fingerprint density at radius 3 is 2.81 bits per heavy atom. The maximum absolute atomic E-state index is 12.7. The van der Waals surface area contributed by atoms with Gasteiger partial charge in [-0.15, -0.1) is 0 Å². The van der Waals surface area contributed by atoms with E-state index in [1.807, 2.05) is 51.9 Å². The van der Waals surface area contributed by atoms with Gasteiger partial charge >= 0.3 is 0 Å². The minimum Gasteiger partial charge on any atom is -0.366 e. The molecule has 1 N–H and O–H groups in total. The molecule has 138 valence electrons. The van der Waals surface area contributed by atoms with Crippen molar-refractivity contribution < 1.29 is 4.79 Å². The van der Waals surface area contributed by atoms with Crippen LogP contribution in [-0.4, -0.2) is 56.2 Å². The predicted octanol–water partition coefficient (Wildman–Crippen LogP) is 2.75. The molecule has 2 aliphatic rings. The fraction of sp³-hybridized carbons (Fsp3) is 0.526. The van der Waals surface area contributed by atoms with Gasteiger partial charge in [0.25, 0.3) is 5.91 Å². The van der Waals surface area contributed by atoms with E-state index in [9.17, 15) is 4.79 Å². The average molecular weight is 372 g/mol. The topological polar surface area (TPSA) is 63.1 Å². The van der Waals surface area contributed by atoms with Crippen LogP contribution in [0.15, 0.2) is 36.8 Å². The summed E-state index contributed by atoms with van der Waals surface area (Å²) in [5, 5.41) is 7.73. The predicted molar refractivity (Wildman–Crippen MR) is 104 cm³/mol. The average Bonchev–Trinajstić information content (AvgIpc) is 3.37. The Morgan fingerprint density at radius 2 is 2.15 bits per heavy atom. The first kappa shape index (κ1) is 17.4. The molecule has 7 heteroatoms. The van der Waals surface area contributed by atoms with Gasteiger partial charge in [-0.2, -0.15) is 16.9 Å². The summed E-state index contributed by atoms with van der Waals surface area (Å²) in [5.41, 5.74) is 0.682.